The van der Waals surface area contributed by atoms with Crippen molar-refractivity contribution in [2.45, 2.75) is 94.9 Å². The van der Waals surface area contributed by atoms with Crippen molar-refractivity contribution in [1.82, 2.24) is 20.9 Å². The number of rotatable bonds is 18. The van der Waals surface area contributed by atoms with Gasteiger partial charge in [-0.15, -0.1) is 0 Å². The lowest BCUT2D eigenvalue weighted by molar-refractivity contribution is -0.148. The van der Waals surface area contributed by atoms with Crippen molar-refractivity contribution < 1.29 is 29.1 Å². The number of nitrogens with two attached hydrogens (primary N) is 3. The minimum absolute atomic E-state index is 0.000286. The molecule has 0 bridgehead atoms. The summed E-state index contributed by atoms with van der Waals surface area (Å²) in [6, 6.07) is 14.7. The van der Waals surface area contributed by atoms with Gasteiger partial charge in [0.25, 0.3) is 0 Å². The Bertz CT molecular complexity index is 1380. The number of carbonyl (C=O) groups is 5. The third-order valence-electron chi connectivity index (χ3n) is 8.85. The van der Waals surface area contributed by atoms with Crippen LogP contribution in [0.1, 0.15) is 63.5 Å². The fourth-order valence-corrected chi connectivity index (χ4v) is 5.86. The van der Waals surface area contributed by atoms with Crippen molar-refractivity contribution in [3.05, 3.63) is 71.8 Å². The van der Waals surface area contributed by atoms with Crippen LogP contribution in [0.25, 0.3) is 0 Å². The van der Waals surface area contributed by atoms with Gasteiger partial charge in [-0.25, -0.2) is 0 Å². The van der Waals surface area contributed by atoms with Crippen LogP contribution in [0.4, 0.5) is 0 Å². The fraction of sp³-hybridized carbons (Fsp3) is 0.528. The molecule has 1 fully saturated rings. The Morgan fingerprint density at radius 3 is 1.82 bits per heavy atom. The number of piperidine rings is 1. The smallest absolute Gasteiger partial charge is 0.323 e. The van der Waals surface area contributed by atoms with Crippen molar-refractivity contribution >= 4 is 29.6 Å². The Hall–Kier alpha value is -4.33. The van der Waals surface area contributed by atoms with Gasteiger partial charge in [-0.1, -0.05) is 74.5 Å². The van der Waals surface area contributed by atoms with Gasteiger partial charge in [-0.3, -0.25) is 24.0 Å². The summed E-state index contributed by atoms with van der Waals surface area (Å²) in [5, 5.41) is 18.0. The average Bonchev–Trinajstić information content (AvgIpc) is 3.07. The van der Waals surface area contributed by atoms with Gasteiger partial charge in [0, 0.05) is 19.5 Å². The number of aliphatic carboxylic acids is 1. The number of benzene rings is 2. The molecule has 1 aliphatic heterocycles. The molecule has 49 heavy (non-hydrogen) atoms. The number of unbranched alkanes of at least 4 members (excludes halogenated alkanes) is 1. The molecule has 268 valence electrons. The highest BCUT2D eigenvalue weighted by Gasteiger charge is 2.40. The third-order valence-corrected chi connectivity index (χ3v) is 8.85. The Balaban J connectivity index is 1.77. The van der Waals surface area contributed by atoms with E-state index in [-0.39, 0.29) is 57.0 Å². The number of hydrogen-bond acceptors (Lipinski definition) is 8. The zero-order valence-corrected chi connectivity index (χ0v) is 28.6. The topological polar surface area (TPSA) is 223 Å². The summed E-state index contributed by atoms with van der Waals surface area (Å²) in [5.41, 5.74) is 18.2. The molecule has 0 saturated carbocycles. The largest absolute Gasteiger partial charge is 0.480 e. The zero-order valence-electron chi connectivity index (χ0n) is 28.6. The Morgan fingerprint density at radius 1 is 0.776 bits per heavy atom. The quantitative estimate of drug-likeness (QED) is 0.111. The van der Waals surface area contributed by atoms with Crippen LogP contribution in [-0.2, 0) is 36.8 Å². The molecule has 1 heterocycles. The normalized spacial score (nSPS) is 16.6. The number of carboxylic acid groups (broad SMARTS) is 1. The van der Waals surface area contributed by atoms with Crippen molar-refractivity contribution in [1.29, 1.82) is 0 Å². The highest BCUT2D eigenvalue weighted by atomic mass is 16.4. The standard InChI is InChI=1S/C36H53N7O6/c1-24(2)21-29(32(45)40-28(15-9-10-18-37)34(47)43-19-16-36(39,17-20-43)35(48)49)42-33(46)30(23-26-13-7-4-8-14-26)41-31(44)27(38)22-25-11-5-3-6-12-25/h3-8,11-14,24,27-30H,9-10,15-23,37-39H2,1-2H3,(H,40,45)(H,41,44)(H,42,46)(H,48,49)/t27-,28-,29+,30-/m1/s1. The van der Waals surface area contributed by atoms with E-state index in [0.29, 0.717) is 25.8 Å². The molecule has 1 aliphatic rings. The first-order valence-electron chi connectivity index (χ1n) is 17.1. The van der Waals surface area contributed by atoms with Gasteiger partial charge < -0.3 is 43.2 Å². The fourth-order valence-electron chi connectivity index (χ4n) is 5.86. The third kappa shape index (κ3) is 12.3. The van der Waals surface area contributed by atoms with Gasteiger partial charge in [0.2, 0.25) is 23.6 Å². The van der Waals surface area contributed by atoms with E-state index in [1.807, 2.05) is 74.5 Å². The van der Waals surface area contributed by atoms with Gasteiger partial charge in [0.15, 0.2) is 0 Å². The van der Waals surface area contributed by atoms with E-state index >= 15 is 0 Å². The summed E-state index contributed by atoms with van der Waals surface area (Å²) >= 11 is 0. The Morgan fingerprint density at radius 2 is 1.29 bits per heavy atom. The number of carboxylic acids is 1. The molecule has 4 atom stereocenters. The molecule has 2 aromatic carbocycles. The van der Waals surface area contributed by atoms with Crippen molar-refractivity contribution in [2.75, 3.05) is 19.6 Å². The predicted octanol–water partition coefficient (Wildman–Crippen LogP) is 0.833. The number of likely N-dealkylation sites (tertiary alicyclic amines) is 1. The number of amides is 4. The highest BCUT2D eigenvalue weighted by molar-refractivity contribution is 5.95. The van der Waals surface area contributed by atoms with E-state index in [9.17, 15) is 29.1 Å². The minimum atomic E-state index is -1.40. The van der Waals surface area contributed by atoms with Gasteiger partial charge in [0.1, 0.15) is 23.7 Å². The zero-order chi connectivity index (χ0) is 36.0. The lowest BCUT2D eigenvalue weighted by Crippen LogP contribution is -2.60. The van der Waals surface area contributed by atoms with E-state index in [2.05, 4.69) is 16.0 Å². The molecule has 13 nitrogen and oxygen atoms in total. The lowest BCUT2D eigenvalue weighted by atomic mass is 9.88. The molecule has 0 aliphatic carbocycles. The number of carbonyl (C=O) groups excluding carboxylic acids is 4. The van der Waals surface area contributed by atoms with Crippen LogP contribution >= 0.6 is 0 Å². The molecule has 0 radical (unpaired) electrons. The number of hydrogen-bond donors (Lipinski definition) is 7. The molecule has 1 saturated heterocycles. The molecule has 0 aromatic heterocycles. The van der Waals surface area contributed by atoms with Crippen LogP contribution in [0.2, 0.25) is 0 Å². The summed E-state index contributed by atoms with van der Waals surface area (Å²) in [6.45, 7) is 4.53. The molecule has 0 spiro atoms. The molecule has 0 unspecified atom stereocenters. The Labute approximate surface area is 288 Å². The van der Waals surface area contributed by atoms with Crippen LogP contribution in [0.3, 0.4) is 0 Å². The molecular formula is C36H53N7O6. The Kier molecular flexibility index (Phi) is 15.2. The van der Waals surface area contributed by atoms with E-state index < -0.39 is 53.4 Å². The summed E-state index contributed by atoms with van der Waals surface area (Å²) in [6.07, 6.45) is 2.44. The second-order valence-corrected chi connectivity index (χ2v) is 13.4. The van der Waals surface area contributed by atoms with E-state index in [1.165, 1.54) is 4.90 Å². The maximum absolute atomic E-state index is 13.9. The maximum atomic E-state index is 13.9. The average molecular weight is 680 g/mol. The predicted molar refractivity (Wildman–Crippen MR) is 187 cm³/mol. The molecule has 10 N–H and O–H groups in total. The first kappa shape index (κ1) is 39.1. The van der Waals surface area contributed by atoms with Crippen LogP contribution in [0.15, 0.2) is 60.7 Å². The second-order valence-electron chi connectivity index (χ2n) is 13.4. The monoisotopic (exact) mass is 679 g/mol. The van der Waals surface area contributed by atoms with E-state index in [0.717, 1.165) is 11.1 Å². The summed E-state index contributed by atoms with van der Waals surface area (Å²) in [7, 11) is 0. The van der Waals surface area contributed by atoms with Gasteiger partial charge in [0.05, 0.1) is 6.04 Å². The number of nitrogens with zero attached hydrogens (tertiary/aromatic N) is 1. The van der Waals surface area contributed by atoms with Crippen LogP contribution in [-0.4, -0.2) is 88.9 Å². The van der Waals surface area contributed by atoms with Crippen molar-refractivity contribution in [3.8, 4) is 0 Å². The van der Waals surface area contributed by atoms with E-state index in [4.69, 9.17) is 17.2 Å². The summed E-state index contributed by atoms with van der Waals surface area (Å²) in [4.78, 5) is 67.7. The van der Waals surface area contributed by atoms with Gasteiger partial charge >= 0.3 is 5.97 Å². The SMILES string of the molecule is CC(C)C[C@H](NC(=O)[C@@H](Cc1ccccc1)NC(=O)[C@H](N)Cc1ccccc1)C(=O)N[C@H](CCCCN)C(=O)N1CCC(N)(C(=O)O)CC1. The molecular weight excluding hydrogens is 626 g/mol. The molecule has 4 amide bonds. The van der Waals surface area contributed by atoms with Crippen molar-refractivity contribution in [2.24, 2.45) is 23.1 Å². The molecule has 2 aromatic rings. The summed E-state index contributed by atoms with van der Waals surface area (Å²) < 4.78 is 0. The summed E-state index contributed by atoms with van der Waals surface area (Å²) in [5.74, 6) is -3.04. The van der Waals surface area contributed by atoms with Crippen LogP contribution in [0, 0.1) is 5.92 Å². The van der Waals surface area contributed by atoms with Gasteiger partial charge in [-0.2, -0.15) is 0 Å². The molecule has 3 rings (SSSR count). The highest BCUT2D eigenvalue weighted by Crippen LogP contribution is 2.21. The van der Waals surface area contributed by atoms with E-state index in [1.54, 1.807) is 0 Å². The lowest BCUT2D eigenvalue weighted by Gasteiger charge is -2.38. The second kappa shape index (κ2) is 19.0. The first-order chi connectivity index (χ1) is 23.3. The van der Waals surface area contributed by atoms with Gasteiger partial charge in [-0.05, 0) is 68.5 Å². The minimum Gasteiger partial charge on any atom is -0.480 e. The molecule has 13 heteroatoms. The first-order valence-corrected chi connectivity index (χ1v) is 17.1. The van der Waals surface area contributed by atoms with Crippen LogP contribution < -0.4 is 33.2 Å². The van der Waals surface area contributed by atoms with Crippen LogP contribution in [0.5, 0.6) is 0 Å². The maximum Gasteiger partial charge on any atom is 0.323 e. The van der Waals surface area contributed by atoms with Crippen molar-refractivity contribution in [3.63, 3.8) is 0 Å². The number of nitrogens with one attached hydrogen (secondary N) is 3.